The van der Waals surface area contributed by atoms with Crippen molar-refractivity contribution in [3.63, 3.8) is 0 Å². The van der Waals surface area contributed by atoms with Gasteiger partial charge in [0.2, 0.25) is 0 Å². The second-order valence-corrected chi connectivity index (χ2v) is 6.72. The van der Waals surface area contributed by atoms with Crippen LogP contribution in [-0.4, -0.2) is 50.2 Å². The minimum Gasteiger partial charge on any atom is -0.367 e. The molecule has 0 radical (unpaired) electrons. The van der Waals surface area contributed by atoms with Gasteiger partial charge in [-0.15, -0.1) is 0 Å². The van der Waals surface area contributed by atoms with Crippen LogP contribution < -0.4 is 0 Å². The van der Waals surface area contributed by atoms with Crippen LogP contribution in [0.25, 0.3) is 11.1 Å². The summed E-state index contributed by atoms with van der Waals surface area (Å²) in [5, 5.41) is 4.63. The second kappa shape index (κ2) is 6.21. The first-order valence-electron chi connectivity index (χ1n) is 8.58. The van der Waals surface area contributed by atoms with Crippen LogP contribution in [-0.2, 0) is 11.8 Å². The van der Waals surface area contributed by atoms with E-state index < -0.39 is 0 Å². The number of morpholine rings is 1. The van der Waals surface area contributed by atoms with Crippen LogP contribution in [0.15, 0.2) is 16.8 Å². The Kier molecular flexibility index (Phi) is 3.99. The molecule has 136 valence electrons. The maximum Gasteiger partial charge on any atom is 0.258 e. The summed E-state index contributed by atoms with van der Waals surface area (Å²) in [7, 11) is 1.94. The van der Waals surface area contributed by atoms with Gasteiger partial charge in [-0.2, -0.15) is 0 Å². The number of aromatic nitrogens is 4. The zero-order valence-electron chi connectivity index (χ0n) is 15.3. The van der Waals surface area contributed by atoms with Crippen molar-refractivity contribution in [2.45, 2.75) is 26.9 Å². The first kappa shape index (κ1) is 16.7. The van der Waals surface area contributed by atoms with Crippen LogP contribution in [0.1, 0.15) is 39.4 Å². The summed E-state index contributed by atoms with van der Waals surface area (Å²) in [5.74, 6) is 0.767. The van der Waals surface area contributed by atoms with Gasteiger partial charge < -0.3 is 18.7 Å². The van der Waals surface area contributed by atoms with Gasteiger partial charge in [0.05, 0.1) is 35.5 Å². The molecule has 1 saturated heterocycles. The quantitative estimate of drug-likeness (QED) is 0.700. The average molecular weight is 355 g/mol. The van der Waals surface area contributed by atoms with Crippen molar-refractivity contribution < 1.29 is 14.1 Å². The van der Waals surface area contributed by atoms with E-state index in [1.165, 1.54) is 0 Å². The fourth-order valence-electron chi connectivity index (χ4n) is 3.48. The summed E-state index contributed by atoms with van der Waals surface area (Å²) in [4.78, 5) is 23.9. The van der Waals surface area contributed by atoms with Crippen molar-refractivity contribution in [2.75, 3.05) is 19.7 Å². The number of nitrogens with zero attached hydrogens (tertiary/aromatic N) is 5. The maximum atomic E-state index is 13.2. The number of ether oxygens (including phenoxy) is 1. The lowest BCUT2D eigenvalue weighted by Crippen LogP contribution is -2.43. The maximum absolute atomic E-state index is 13.2. The molecule has 0 aromatic carbocycles. The van der Waals surface area contributed by atoms with Crippen LogP contribution in [0.4, 0.5) is 0 Å². The third-order valence-corrected chi connectivity index (χ3v) is 4.65. The monoisotopic (exact) mass is 355 g/mol. The molecule has 1 fully saturated rings. The molecule has 8 heteroatoms. The smallest absolute Gasteiger partial charge is 0.258 e. The third-order valence-electron chi connectivity index (χ3n) is 4.65. The number of imidazole rings is 1. The zero-order valence-corrected chi connectivity index (χ0v) is 15.3. The fourth-order valence-corrected chi connectivity index (χ4v) is 3.48. The van der Waals surface area contributed by atoms with Gasteiger partial charge in [-0.1, -0.05) is 5.16 Å². The molecule has 1 amide bonds. The molecule has 1 unspecified atom stereocenters. The van der Waals surface area contributed by atoms with Gasteiger partial charge in [0.1, 0.15) is 11.9 Å². The summed E-state index contributed by atoms with van der Waals surface area (Å²) in [5.41, 5.74) is 3.29. The zero-order chi connectivity index (χ0) is 18.4. The molecule has 0 aliphatic carbocycles. The number of hydrogen-bond donors (Lipinski definition) is 0. The average Bonchev–Trinajstić information content (AvgIpc) is 3.15. The van der Waals surface area contributed by atoms with E-state index in [2.05, 4.69) is 15.1 Å². The number of amides is 1. The van der Waals surface area contributed by atoms with Crippen molar-refractivity contribution in [2.24, 2.45) is 7.05 Å². The molecule has 4 rings (SSSR count). The standard InChI is InChI=1S/C18H21N5O3/c1-10-7-13(15-12(3)21-26-17(15)20-10)18(24)23-5-6-25-14(9-23)16-19-11(2)8-22(16)4/h7-8,14H,5-6,9H2,1-4H3. The van der Waals surface area contributed by atoms with E-state index in [4.69, 9.17) is 9.26 Å². The Morgan fingerprint density at radius 1 is 1.23 bits per heavy atom. The van der Waals surface area contributed by atoms with E-state index in [1.54, 1.807) is 11.0 Å². The van der Waals surface area contributed by atoms with E-state index in [1.807, 2.05) is 38.6 Å². The third kappa shape index (κ3) is 2.76. The summed E-state index contributed by atoms with van der Waals surface area (Å²) in [6.07, 6.45) is 1.71. The Hall–Kier alpha value is -2.74. The number of fused-ring (bicyclic) bond motifs is 1. The van der Waals surface area contributed by atoms with E-state index in [0.29, 0.717) is 42.1 Å². The number of hydrogen-bond acceptors (Lipinski definition) is 6. The Morgan fingerprint density at radius 2 is 2.04 bits per heavy atom. The highest BCUT2D eigenvalue weighted by molar-refractivity contribution is 6.06. The van der Waals surface area contributed by atoms with Gasteiger partial charge in [-0.05, 0) is 26.8 Å². The van der Waals surface area contributed by atoms with Crippen molar-refractivity contribution in [1.82, 2.24) is 24.6 Å². The second-order valence-electron chi connectivity index (χ2n) is 6.72. The molecule has 1 aliphatic rings. The van der Waals surface area contributed by atoms with Crippen LogP contribution in [0.5, 0.6) is 0 Å². The minimum absolute atomic E-state index is 0.0639. The van der Waals surface area contributed by atoms with Gasteiger partial charge >= 0.3 is 0 Å². The lowest BCUT2D eigenvalue weighted by molar-refractivity contribution is -0.0278. The van der Waals surface area contributed by atoms with Crippen LogP contribution >= 0.6 is 0 Å². The lowest BCUT2D eigenvalue weighted by Gasteiger charge is -2.32. The molecule has 26 heavy (non-hydrogen) atoms. The van der Waals surface area contributed by atoms with Gasteiger partial charge in [0, 0.05) is 25.5 Å². The summed E-state index contributed by atoms with van der Waals surface area (Å²) in [6, 6.07) is 1.80. The summed E-state index contributed by atoms with van der Waals surface area (Å²) < 4.78 is 13.1. The highest BCUT2D eigenvalue weighted by atomic mass is 16.5. The Morgan fingerprint density at radius 3 is 2.77 bits per heavy atom. The number of carbonyl (C=O) groups is 1. The predicted octanol–water partition coefficient (Wildman–Crippen LogP) is 2.10. The number of carbonyl (C=O) groups excluding carboxylic acids is 1. The Labute approximate surface area is 150 Å². The Balaban J connectivity index is 1.66. The molecule has 8 nitrogen and oxygen atoms in total. The molecule has 1 aliphatic heterocycles. The molecule has 4 heterocycles. The van der Waals surface area contributed by atoms with Crippen molar-refractivity contribution in [3.8, 4) is 0 Å². The van der Waals surface area contributed by atoms with Crippen LogP contribution in [0, 0.1) is 20.8 Å². The van der Waals surface area contributed by atoms with Crippen LogP contribution in [0.2, 0.25) is 0 Å². The number of rotatable bonds is 2. The highest BCUT2D eigenvalue weighted by Gasteiger charge is 2.30. The molecule has 0 bridgehead atoms. The normalized spacial score (nSPS) is 17.8. The Bertz CT molecular complexity index is 990. The van der Waals surface area contributed by atoms with E-state index in [9.17, 15) is 4.79 Å². The topological polar surface area (TPSA) is 86.3 Å². The molecule has 0 spiro atoms. The largest absolute Gasteiger partial charge is 0.367 e. The van der Waals surface area contributed by atoms with Crippen molar-refractivity contribution >= 4 is 17.0 Å². The summed E-state index contributed by atoms with van der Waals surface area (Å²) in [6.45, 7) is 7.06. The van der Waals surface area contributed by atoms with E-state index >= 15 is 0 Å². The molecule has 3 aromatic heterocycles. The van der Waals surface area contributed by atoms with E-state index in [0.717, 1.165) is 17.2 Å². The molecular formula is C18H21N5O3. The summed E-state index contributed by atoms with van der Waals surface area (Å²) >= 11 is 0. The lowest BCUT2D eigenvalue weighted by atomic mass is 10.1. The van der Waals surface area contributed by atoms with Crippen molar-refractivity contribution in [1.29, 1.82) is 0 Å². The SMILES string of the molecule is Cc1cn(C)c(C2CN(C(=O)c3cc(C)nc4onc(C)c34)CCO2)n1. The number of pyridine rings is 1. The van der Waals surface area contributed by atoms with E-state index in [-0.39, 0.29) is 12.0 Å². The molecule has 0 saturated carbocycles. The predicted molar refractivity (Wildman–Crippen MR) is 93.8 cm³/mol. The van der Waals surface area contributed by atoms with Crippen molar-refractivity contribution in [3.05, 3.63) is 40.7 Å². The van der Waals surface area contributed by atoms with Gasteiger partial charge in [0.25, 0.3) is 11.6 Å². The fraction of sp³-hybridized carbons (Fsp3) is 0.444. The number of aryl methyl sites for hydroxylation is 4. The van der Waals surface area contributed by atoms with Gasteiger partial charge in [0.15, 0.2) is 0 Å². The van der Waals surface area contributed by atoms with Gasteiger partial charge in [-0.3, -0.25) is 4.79 Å². The molecule has 0 N–H and O–H groups in total. The molecular weight excluding hydrogens is 334 g/mol. The van der Waals surface area contributed by atoms with Crippen LogP contribution in [0.3, 0.4) is 0 Å². The molecule has 3 aromatic rings. The minimum atomic E-state index is -0.242. The van der Waals surface area contributed by atoms with Gasteiger partial charge in [-0.25, -0.2) is 9.97 Å². The first-order chi connectivity index (χ1) is 12.4. The molecule has 1 atom stereocenters. The highest BCUT2D eigenvalue weighted by Crippen LogP contribution is 2.26. The first-order valence-corrected chi connectivity index (χ1v) is 8.58.